The van der Waals surface area contributed by atoms with Crippen LogP contribution in [0.3, 0.4) is 0 Å². The average Bonchev–Trinajstić information content (AvgIpc) is 3.63. The monoisotopic (exact) mass is 499 g/mol. The minimum atomic E-state index is -3.79. The fraction of sp³-hybridized carbons (Fsp3) is 0.708. The SMILES string of the molecule is CC(C)N1CCN(C(=O)C2CCC(N(CC3CC3)S(=O)(=O)c3ccc(F)c(Cl)c3)CC2)CC1. The minimum Gasteiger partial charge on any atom is -0.340 e. The number of nitrogens with zero attached hydrogens (tertiary/aromatic N) is 3. The van der Waals surface area contributed by atoms with Gasteiger partial charge in [-0.05, 0) is 76.5 Å². The number of sulfonamides is 1. The fourth-order valence-corrected chi connectivity index (χ4v) is 7.13. The van der Waals surface area contributed by atoms with Crippen molar-refractivity contribution < 1.29 is 17.6 Å². The van der Waals surface area contributed by atoms with Crippen molar-refractivity contribution in [3.8, 4) is 0 Å². The lowest BCUT2D eigenvalue weighted by molar-refractivity contribution is -0.138. The highest BCUT2D eigenvalue weighted by Crippen LogP contribution is 2.37. The molecule has 2 saturated carbocycles. The summed E-state index contributed by atoms with van der Waals surface area (Å²) < 4.78 is 42.2. The van der Waals surface area contributed by atoms with Gasteiger partial charge in [-0.3, -0.25) is 9.69 Å². The Morgan fingerprint density at radius 1 is 1.09 bits per heavy atom. The Labute approximate surface area is 202 Å². The summed E-state index contributed by atoms with van der Waals surface area (Å²) in [5.41, 5.74) is 0. The highest BCUT2D eigenvalue weighted by atomic mass is 35.5. The maximum Gasteiger partial charge on any atom is 0.243 e. The van der Waals surface area contributed by atoms with Crippen LogP contribution in [0.5, 0.6) is 0 Å². The fourth-order valence-electron chi connectivity index (χ4n) is 5.10. The van der Waals surface area contributed by atoms with Crippen LogP contribution in [0.25, 0.3) is 0 Å². The molecule has 0 atom stereocenters. The van der Waals surface area contributed by atoms with Crippen LogP contribution in [0.4, 0.5) is 4.39 Å². The molecule has 0 aromatic heterocycles. The van der Waals surface area contributed by atoms with Gasteiger partial charge in [0.15, 0.2) is 0 Å². The molecule has 0 radical (unpaired) electrons. The Bertz CT molecular complexity index is 954. The Balaban J connectivity index is 1.40. The first-order valence-electron chi connectivity index (χ1n) is 12.2. The molecule has 9 heteroatoms. The first kappa shape index (κ1) is 24.9. The van der Waals surface area contributed by atoms with Gasteiger partial charge in [-0.25, -0.2) is 12.8 Å². The lowest BCUT2D eigenvalue weighted by Crippen LogP contribution is -2.52. The van der Waals surface area contributed by atoms with Crippen LogP contribution in [0, 0.1) is 17.7 Å². The third-order valence-corrected chi connectivity index (χ3v) is 9.65. The summed E-state index contributed by atoms with van der Waals surface area (Å²) in [6.07, 6.45) is 4.81. The first-order chi connectivity index (χ1) is 15.7. The smallest absolute Gasteiger partial charge is 0.243 e. The van der Waals surface area contributed by atoms with Gasteiger partial charge in [0.05, 0.1) is 9.92 Å². The van der Waals surface area contributed by atoms with Crippen LogP contribution in [-0.4, -0.2) is 73.2 Å². The van der Waals surface area contributed by atoms with E-state index in [1.807, 2.05) is 4.90 Å². The lowest BCUT2D eigenvalue weighted by Gasteiger charge is -2.40. The van der Waals surface area contributed by atoms with Crippen molar-refractivity contribution in [1.82, 2.24) is 14.1 Å². The van der Waals surface area contributed by atoms with Gasteiger partial charge in [-0.15, -0.1) is 0 Å². The largest absolute Gasteiger partial charge is 0.340 e. The van der Waals surface area contributed by atoms with Crippen LogP contribution in [0.2, 0.25) is 5.02 Å². The van der Waals surface area contributed by atoms with Crippen molar-refractivity contribution in [1.29, 1.82) is 0 Å². The van der Waals surface area contributed by atoms with Crippen molar-refractivity contribution in [2.45, 2.75) is 69.4 Å². The molecule has 0 bridgehead atoms. The number of piperazine rings is 1. The third kappa shape index (κ3) is 5.72. The van der Waals surface area contributed by atoms with E-state index in [1.54, 1.807) is 4.31 Å². The number of amides is 1. The Hall–Kier alpha value is -1.22. The van der Waals surface area contributed by atoms with Gasteiger partial charge in [-0.1, -0.05) is 11.6 Å². The Morgan fingerprint density at radius 3 is 2.27 bits per heavy atom. The molecule has 3 aliphatic rings. The zero-order valence-corrected chi connectivity index (χ0v) is 21.1. The summed E-state index contributed by atoms with van der Waals surface area (Å²) >= 11 is 5.88. The minimum absolute atomic E-state index is 0.0300. The number of carbonyl (C=O) groups excluding carboxylic acids is 1. The normalized spacial score (nSPS) is 25.1. The molecule has 3 fully saturated rings. The van der Waals surface area contributed by atoms with Crippen molar-refractivity contribution in [2.75, 3.05) is 32.7 Å². The number of hydrogen-bond acceptors (Lipinski definition) is 4. The van der Waals surface area contributed by atoms with Gasteiger partial charge in [0.1, 0.15) is 5.82 Å². The van der Waals surface area contributed by atoms with Gasteiger partial charge in [0.2, 0.25) is 15.9 Å². The summed E-state index contributed by atoms with van der Waals surface area (Å²) in [6, 6.07) is 3.97. The number of benzene rings is 1. The standard InChI is InChI=1S/C24H35ClFN3O3S/c1-17(2)27-11-13-28(14-12-27)24(30)19-5-7-20(8-6-19)29(16-18-3-4-18)33(31,32)21-9-10-23(26)22(25)15-21/h9-10,15,17-20H,3-8,11-14,16H2,1-2H3. The highest BCUT2D eigenvalue weighted by molar-refractivity contribution is 7.89. The van der Waals surface area contributed by atoms with Crippen LogP contribution >= 0.6 is 11.6 Å². The first-order valence-corrected chi connectivity index (χ1v) is 14.0. The zero-order valence-electron chi connectivity index (χ0n) is 19.6. The topological polar surface area (TPSA) is 60.9 Å². The van der Waals surface area contributed by atoms with E-state index in [1.165, 1.54) is 12.1 Å². The molecule has 6 nitrogen and oxygen atoms in total. The molecule has 184 valence electrons. The molecule has 1 aromatic carbocycles. The maximum atomic E-state index is 13.6. The second-order valence-corrected chi connectivity index (χ2v) is 12.4. The second kappa shape index (κ2) is 10.2. The molecule has 4 rings (SSSR count). The quantitative estimate of drug-likeness (QED) is 0.569. The molecular weight excluding hydrogens is 465 g/mol. The molecule has 0 spiro atoms. The Morgan fingerprint density at radius 2 is 1.73 bits per heavy atom. The predicted octanol–water partition coefficient (Wildman–Crippen LogP) is 3.99. The van der Waals surface area contributed by atoms with E-state index in [0.29, 0.717) is 44.2 Å². The summed E-state index contributed by atoms with van der Waals surface area (Å²) in [7, 11) is -3.79. The van der Waals surface area contributed by atoms with Crippen LogP contribution < -0.4 is 0 Å². The molecule has 1 aromatic rings. The number of hydrogen-bond donors (Lipinski definition) is 0. The van der Waals surface area contributed by atoms with Crippen molar-refractivity contribution in [3.63, 3.8) is 0 Å². The molecule has 0 N–H and O–H groups in total. The van der Waals surface area contributed by atoms with Crippen LogP contribution in [0.1, 0.15) is 52.4 Å². The van der Waals surface area contributed by atoms with Gasteiger partial charge < -0.3 is 4.90 Å². The van der Waals surface area contributed by atoms with E-state index >= 15 is 0 Å². The highest BCUT2D eigenvalue weighted by Gasteiger charge is 2.40. The van der Waals surface area contributed by atoms with Gasteiger partial charge in [-0.2, -0.15) is 4.31 Å². The maximum absolute atomic E-state index is 13.6. The lowest BCUT2D eigenvalue weighted by atomic mass is 9.85. The summed E-state index contributed by atoms with van der Waals surface area (Å²) in [6.45, 7) is 8.20. The van der Waals surface area contributed by atoms with Gasteiger partial charge >= 0.3 is 0 Å². The van der Waals surface area contributed by atoms with Crippen LogP contribution in [-0.2, 0) is 14.8 Å². The van der Waals surface area contributed by atoms with E-state index < -0.39 is 15.8 Å². The van der Waals surface area contributed by atoms with E-state index in [0.717, 1.165) is 45.1 Å². The van der Waals surface area contributed by atoms with Crippen molar-refractivity contribution in [2.24, 2.45) is 11.8 Å². The second-order valence-electron chi connectivity index (χ2n) is 10.1. The Kier molecular flexibility index (Phi) is 7.68. The van der Waals surface area contributed by atoms with Gasteiger partial charge in [0, 0.05) is 50.7 Å². The number of carbonyl (C=O) groups is 1. The molecule has 2 aliphatic carbocycles. The summed E-state index contributed by atoms with van der Waals surface area (Å²) in [5, 5.41) is -0.186. The third-order valence-electron chi connectivity index (χ3n) is 7.44. The van der Waals surface area contributed by atoms with E-state index in [9.17, 15) is 17.6 Å². The summed E-state index contributed by atoms with van der Waals surface area (Å²) in [4.78, 5) is 17.5. The van der Waals surface area contributed by atoms with Crippen molar-refractivity contribution in [3.05, 3.63) is 29.0 Å². The predicted molar refractivity (Wildman–Crippen MR) is 127 cm³/mol. The summed E-state index contributed by atoms with van der Waals surface area (Å²) in [5.74, 6) is -0.0544. The van der Waals surface area contributed by atoms with Crippen LogP contribution in [0.15, 0.2) is 23.1 Å². The average molecular weight is 500 g/mol. The zero-order chi connectivity index (χ0) is 23.8. The van der Waals surface area contributed by atoms with E-state index in [2.05, 4.69) is 18.7 Å². The molecular formula is C24H35ClFN3O3S. The van der Waals surface area contributed by atoms with Crippen molar-refractivity contribution >= 4 is 27.5 Å². The molecule has 1 amide bonds. The number of rotatable bonds is 7. The molecule has 33 heavy (non-hydrogen) atoms. The molecule has 0 unspecified atom stereocenters. The molecule has 1 aliphatic heterocycles. The number of halogens is 2. The molecule has 1 heterocycles. The van der Waals surface area contributed by atoms with Gasteiger partial charge in [0.25, 0.3) is 0 Å². The molecule has 1 saturated heterocycles. The van der Waals surface area contributed by atoms with E-state index in [4.69, 9.17) is 11.6 Å². The van der Waals surface area contributed by atoms with E-state index in [-0.39, 0.29) is 27.8 Å².